The highest BCUT2D eigenvalue weighted by Crippen LogP contribution is 2.35. The third kappa shape index (κ3) is 1.68. The predicted molar refractivity (Wildman–Crippen MR) is 71.6 cm³/mol. The minimum absolute atomic E-state index is 0.834. The van der Waals surface area contributed by atoms with Gasteiger partial charge in [-0.2, -0.15) is 0 Å². The summed E-state index contributed by atoms with van der Waals surface area (Å²) in [5.41, 5.74) is 5.23. The van der Waals surface area contributed by atoms with Crippen LogP contribution in [0, 0.1) is 0 Å². The molecule has 3 heteroatoms. The van der Waals surface area contributed by atoms with E-state index in [0.717, 1.165) is 11.3 Å². The molecule has 0 radical (unpaired) electrons. The summed E-state index contributed by atoms with van der Waals surface area (Å²) in [4.78, 5) is 4.37. The van der Waals surface area contributed by atoms with Crippen LogP contribution in [0.1, 0.15) is 0 Å². The topological polar surface area (TPSA) is 22.1 Å². The van der Waals surface area contributed by atoms with Crippen LogP contribution in [0.2, 0.25) is 0 Å². The van der Waals surface area contributed by atoms with E-state index >= 15 is 0 Å². The largest absolute Gasteiger partial charge is 0.494 e. The number of aromatic nitrogens is 1. The smallest absolute Gasteiger partial charge is 0.146 e. The number of nitrogens with zero attached hydrogens (tertiary/aromatic N) is 1. The number of hydrogen-bond donors (Lipinski definition) is 0. The zero-order chi connectivity index (χ0) is 11.7. The van der Waals surface area contributed by atoms with E-state index < -0.39 is 0 Å². The van der Waals surface area contributed by atoms with Gasteiger partial charge in [0.1, 0.15) is 11.3 Å². The van der Waals surface area contributed by atoms with Crippen LogP contribution in [0.5, 0.6) is 5.75 Å². The molecule has 0 bridgehead atoms. The molecule has 0 saturated carbocycles. The van der Waals surface area contributed by atoms with Crippen molar-refractivity contribution in [2.24, 2.45) is 0 Å². The van der Waals surface area contributed by atoms with Gasteiger partial charge in [0.05, 0.1) is 17.3 Å². The van der Waals surface area contributed by atoms with Crippen LogP contribution in [-0.4, -0.2) is 12.1 Å². The van der Waals surface area contributed by atoms with Gasteiger partial charge in [0.15, 0.2) is 0 Å². The van der Waals surface area contributed by atoms with Gasteiger partial charge in [-0.3, -0.25) is 0 Å². The summed E-state index contributed by atoms with van der Waals surface area (Å²) in [5.74, 6) is 0.834. The summed E-state index contributed by atoms with van der Waals surface area (Å²) < 4.78 is 6.50. The highest BCUT2D eigenvalue weighted by molar-refractivity contribution is 7.17. The summed E-state index contributed by atoms with van der Waals surface area (Å²) in [6.45, 7) is 0. The first-order chi connectivity index (χ1) is 8.40. The Labute approximate surface area is 104 Å². The van der Waals surface area contributed by atoms with Crippen LogP contribution >= 0.6 is 11.3 Å². The third-order valence-electron chi connectivity index (χ3n) is 2.75. The SMILES string of the molecule is COc1ccc(-c2ccccc2)c2scnc12. The van der Waals surface area contributed by atoms with Crippen LogP contribution in [-0.2, 0) is 0 Å². The van der Waals surface area contributed by atoms with Crippen molar-refractivity contribution < 1.29 is 4.74 Å². The summed E-state index contributed by atoms with van der Waals surface area (Å²) in [6.07, 6.45) is 0. The Morgan fingerprint density at radius 3 is 2.65 bits per heavy atom. The Kier molecular flexibility index (Phi) is 2.53. The van der Waals surface area contributed by atoms with E-state index in [4.69, 9.17) is 4.74 Å². The Balaban J connectivity index is 2.29. The van der Waals surface area contributed by atoms with Gasteiger partial charge in [0.25, 0.3) is 0 Å². The Morgan fingerprint density at radius 1 is 1.06 bits per heavy atom. The predicted octanol–water partition coefficient (Wildman–Crippen LogP) is 3.97. The maximum Gasteiger partial charge on any atom is 0.146 e. The molecule has 0 fully saturated rings. The summed E-state index contributed by atoms with van der Waals surface area (Å²) in [5, 5.41) is 0. The first-order valence-corrected chi connectivity index (χ1v) is 6.24. The van der Waals surface area contributed by atoms with Gasteiger partial charge in [-0.05, 0) is 17.7 Å². The molecule has 0 aliphatic carbocycles. The summed E-state index contributed by atoms with van der Waals surface area (Å²) in [6, 6.07) is 14.4. The number of fused-ring (bicyclic) bond motifs is 1. The summed E-state index contributed by atoms with van der Waals surface area (Å²) >= 11 is 1.65. The number of ether oxygens (including phenoxy) is 1. The molecule has 0 aliphatic heterocycles. The van der Waals surface area contributed by atoms with E-state index in [-0.39, 0.29) is 0 Å². The molecule has 0 atom stereocenters. The zero-order valence-corrected chi connectivity index (χ0v) is 10.2. The fourth-order valence-electron chi connectivity index (χ4n) is 1.94. The standard InChI is InChI=1S/C14H11NOS/c1-16-12-8-7-11(10-5-3-2-4-6-10)14-13(12)15-9-17-14/h2-9H,1H3. The number of methoxy groups -OCH3 is 1. The number of rotatable bonds is 2. The maximum atomic E-state index is 5.32. The number of benzene rings is 2. The van der Waals surface area contributed by atoms with Crippen molar-refractivity contribution in [1.82, 2.24) is 4.98 Å². The minimum atomic E-state index is 0.834. The van der Waals surface area contributed by atoms with Crippen molar-refractivity contribution in [2.75, 3.05) is 7.11 Å². The zero-order valence-electron chi connectivity index (χ0n) is 9.38. The molecule has 1 heterocycles. The number of hydrogen-bond acceptors (Lipinski definition) is 3. The molecule has 3 aromatic rings. The lowest BCUT2D eigenvalue weighted by Gasteiger charge is -2.06. The van der Waals surface area contributed by atoms with E-state index in [9.17, 15) is 0 Å². The molecular weight excluding hydrogens is 230 g/mol. The molecular formula is C14H11NOS. The van der Waals surface area contributed by atoms with Gasteiger partial charge in [0, 0.05) is 5.56 Å². The van der Waals surface area contributed by atoms with Crippen LogP contribution < -0.4 is 4.74 Å². The van der Waals surface area contributed by atoms with E-state index in [1.54, 1.807) is 18.4 Å². The van der Waals surface area contributed by atoms with E-state index in [1.165, 1.54) is 15.8 Å². The highest BCUT2D eigenvalue weighted by atomic mass is 32.1. The second-order valence-electron chi connectivity index (χ2n) is 3.71. The molecule has 0 amide bonds. The molecule has 0 spiro atoms. The molecule has 0 N–H and O–H groups in total. The Bertz CT molecular complexity index is 646. The van der Waals surface area contributed by atoms with Crippen molar-refractivity contribution in [3.63, 3.8) is 0 Å². The second kappa shape index (κ2) is 4.18. The molecule has 0 saturated heterocycles. The Morgan fingerprint density at radius 2 is 1.88 bits per heavy atom. The van der Waals surface area contributed by atoms with Crippen LogP contribution in [0.3, 0.4) is 0 Å². The average Bonchev–Trinajstić information content (AvgIpc) is 2.88. The number of thiazole rings is 1. The van der Waals surface area contributed by atoms with Gasteiger partial charge in [-0.1, -0.05) is 30.3 Å². The molecule has 3 rings (SSSR count). The van der Waals surface area contributed by atoms with Crippen molar-refractivity contribution in [3.8, 4) is 16.9 Å². The van der Waals surface area contributed by atoms with E-state index in [0.29, 0.717) is 0 Å². The van der Waals surface area contributed by atoms with Crippen molar-refractivity contribution in [2.45, 2.75) is 0 Å². The fraction of sp³-hybridized carbons (Fsp3) is 0.0714. The van der Waals surface area contributed by atoms with Crippen LogP contribution in [0.4, 0.5) is 0 Å². The van der Waals surface area contributed by atoms with E-state index in [1.807, 2.05) is 29.8 Å². The average molecular weight is 241 g/mol. The molecule has 0 aliphatic rings. The molecule has 2 nitrogen and oxygen atoms in total. The quantitative estimate of drug-likeness (QED) is 0.677. The Hall–Kier alpha value is -1.87. The monoisotopic (exact) mass is 241 g/mol. The van der Waals surface area contributed by atoms with Crippen molar-refractivity contribution in [1.29, 1.82) is 0 Å². The highest BCUT2D eigenvalue weighted by Gasteiger charge is 2.10. The van der Waals surface area contributed by atoms with Gasteiger partial charge < -0.3 is 4.74 Å². The lowest BCUT2D eigenvalue weighted by molar-refractivity contribution is 0.419. The molecule has 1 aromatic heterocycles. The maximum absolute atomic E-state index is 5.32. The van der Waals surface area contributed by atoms with Gasteiger partial charge in [-0.25, -0.2) is 4.98 Å². The van der Waals surface area contributed by atoms with Gasteiger partial charge in [0.2, 0.25) is 0 Å². The molecule has 2 aromatic carbocycles. The van der Waals surface area contributed by atoms with Crippen LogP contribution in [0.25, 0.3) is 21.3 Å². The lowest BCUT2D eigenvalue weighted by Crippen LogP contribution is -1.85. The van der Waals surface area contributed by atoms with Crippen molar-refractivity contribution in [3.05, 3.63) is 48.0 Å². The molecule has 0 unspecified atom stereocenters. The first kappa shape index (κ1) is 10.3. The first-order valence-electron chi connectivity index (χ1n) is 5.36. The second-order valence-corrected chi connectivity index (χ2v) is 4.57. The van der Waals surface area contributed by atoms with E-state index in [2.05, 4.69) is 23.2 Å². The molecule has 17 heavy (non-hydrogen) atoms. The summed E-state index contributed by atoms with van der Waals surface area (Å²) in [7, 11) is 1.68. The van der Waals surface area contributed by atoms with Crippen molar-refractivity contribution >= 4 is 21.6 Å². The van der Waals surface area contributed by atoms with Gasteiger partial charge >= 0.3 is 0 Å². The van der Waals surface area contributed by atoms with Gasteiger partial charge in [-0.15, -0.1) is 11.3 Å². The lowest BCUT2D eigenvalue weighted by atomic mass is 10.1. The minimum Gasteiger partial charge on any atom is -0.494 e. The molecule has 84 valence electrons. The third-order valence-corrected chi connectivity index (χ3v) is 3.61. The normalized spacial score (nSPS) is 10.6. The fourth-order valence-corrected chi connectivity index (χ4v) is 2.78. The van der Waals surface area contributed by atoms with Crippen LogP contribution in [0.15, 0.2) is 48.0 Å².